The fourth-order valence-electron chi connectivity index (χ4n) is 8.13. The maximum Gasteiger partial charge on any atom is 0.249 e. The van der Waals surface area contributed by atoms with Crippen molar-refractivity contribution in [2.75, 3.05) is 6.61 Å². The number of aliphatic hydroxyl groups excluding tert-OH is 4. The molecule has 5 N–H and O–H groups in total. The minimum Gasteiger partial charge on any atom is -0.394 e. The number of allylic oxidation sites excluding steroid dienone is 6. The Morgan fingerprint density at radius 3 is 1.12 bits per heavy atom. The van der Waals surface area contributed by atoms with E-state index in [1.807, 2.05) is 0 Å². The molecule has 0 fully saturated rings. The molecule has 4 unspecified atom stereocenters. The summed E-state index contributed by atoms with van der Waals surface area (Å²) in [6.07, 6.45) is 59.6. The van der Waals surface area contributed by atoms with Crippen molar-refractivity contribution in [3.05, 3.63) is 36.5 Å². The average molecular weight is 846 g/mol. The lowest BCUT2D eigenvalue weighted by atomic mass is 10.00. The Morgan fingerprint density at radius 2 is 0.733 bits per heavy atom. The van der Waals surface area contributed by atoms with Crippen LogP contribution in [0.3, 0.4) is 0 Å². The molecule has 0 aliphatic heterocycles. The first-order chi connectivity index (χ1) is 29.5. The maximum atomic E-state index is 12.5. The second kappa shape index (κ2) is 48.6. The monoisotopic (exact) mass is 846 g/mol. The zero-order valence-corrected chi connectivity index (χ0v) is 40.0. The van der Waals surface area contributed by atoms with Crippen LogP contribution in [-0.2, 0) is 4.79 Å². The number of amides is 1. The summed E-state index contributed by atoms with van der Waals surface area (Å²) < 4.78 is 0. The van der Waals surface area contributed by atoms with Crippen molar-refractivity contribution in [1.82, 2.24) is 5.32 Å². The van der Waals surface area contributed by atoms with Crippen molar-refractivity contribution in [2.24, 2.45) is 0 Å². The number of aliphatic hydroxyl groups is 4. The van der Waals surface area contributed by atoms with Crippen LogP contribution in [0.5, 0.6) is 0 Å². The first-order valence-corrected chi connectivity index (χ1v) is 26.4. The quantitative estimate of drug-likeness (QED) is 0.0309. The molecule has 0 aromatic carbocycles. The van der Waals surface area contributed by atoms with E-state index in [0.29, 0.717) is 19.3 Å². The van der Waals surface area contributed by atoms with Crippen molar-refractivity contribution in [2.45, 2.75) is 295 Å². The van der Waals surface area contributed by atoms with Crippen LogP contribution in [0, 0.1) is 0 Å². The van der Waals surface area contributed by atoms with E-state index in [1.165, 1.54) is 193 Å². The predicted molar refractivity (Wildman–Crippen MR) is 260 cm³/mol. The Bertz CT molecular complexity index is 950. The minimum absolute atomic E-state index is 0.361. The first-order valence-electron chi connectivity index (χ1n) is 26.4. The lowest BCUT2D eigenvalue weighted by Gasteiger charge is -2.27. The summed E-state index contributed by atoms with van der Waals surface area (Å²) in [5.41, 5.74) is 0. The average Bonchev–Trinajstić information content (AvgIpc) is 3.25. The molecule has 0 aromatic rings. The molecule has 354 valence electrons. The van der Waals surface area contributed by atoms with Gasteiger partial charge in [0.15, 0.2) is 0 Å². The van der Waals surface area contributed by atoms with Gasteiger partial charge in [0.2, 0.25) is 5.91 Å². The third-order valence-corrected chi connectivity index (χ3v) is 12.3. The van der Waals surface area contributed by atoms with Gasteiger partial charge in [0.25, 0.3) is 0 Å². The lowest BCUT2D eigenvalue weighted by molar-refractivity contribution is -0.132. The maximum absolute atomic E-state index is 12.5. The van der Waals surface area contributed by atoms with Gasteiger partial charge in [-0.3, -0.25) is 4.79 Å². The lowest BCUT2D eigenvalue weighted by Crippen LogP contribution is -2.53. The van der Waals surface area contributed by atoms with Crippen molar-refractivity contribution < 1.29 is 25.2 Å². The topological polar surface area (TPSA) is 110 Å². The van der Waals surface area contributed by atoms with Gasteiger partial charge in [-0.25, -0.2) is 0 Å². The second-order valence-corrected chi connectivity index (χ2v) is 18.2. The Hall–Kier alpha value is -1.47. The fraction of sp³-hybridized carbons (Fsp3) is 0.870. The van der Waals surface area contributed by atoms with Gasteiger partial charge < -0.3 is 25.7 Å². The van der Waals surface area contributed by atoms with Crippen LogP contribution in [0.1, 0.15) is 271 Å². The molecule has 1 amide bonds. The van der Waals surface area contributed by atoms with Gasteiger partial charge in [-0.2, -0.15) is 0 Å². The zero-order chi connectivity index (χ0) is 43.8. The summed E-state index contributed by atoms with van der Waals surface area (Å²) in [6, 6.07) is -1.01. The fourth-order valence-corrected chi connectivity index (χ4v) is 8.13. The number of hydrogen-bond acceptors (Lipinski definition) is 5. The summed E-state index contributed by atoms with van der Waals surface area (Å²) in [5, 5.41) is 43.6. The number of hydrogen-bond donors (Lipinski definition) is 5. The molecule has 60 heavy (non-hydrogen) atoms. The van der Waals surface area contributed by atoms with E-state index in [-0.39, 0.29) is 0 Å². The van der Waals surface area contributed by atoms with E-state index in [4.69, 9.17) is 0 Å². The van der Waals surface area contributed by atoms with Gasteiger partial charge in [0.1, 0.15) is 12.2 Å². The Labute approximate surface area is 373 Å². The van der Waals surface area contributed by atoms with Crippen LogP contribution >= 0.6 is 0 Å². The number of carbonyl (C=O) groups is 1. The van der Waals surface area contributed by atoms with Gasteiger partial charge in [-0.15, -0.1) is 0 Å². The smallest absolute Gasteiger partial charge is 0.249 e. The Kier molecular flexibility index (Phi) is 47.4. The third-order valence-electron chi connectivity index (χ3n) is 12.3. The normalized spacial score (nSPS) is 14.2. The summed E-state index contributed by atoms with van der Waals surface area (Å²) in [6.45, 7) is 3.97. The van der Waals surface area contributed by atoms with Crippen molar-refractivity contribution in [3.8, 4) is 0 Å². The highest BCUT2D eigenvalue weighted by Gasteiger charge is 2.28. The standard InChI is InChI=1S/C54H103NO5/c1-3-5-7-9-11-13-15-16-17-18-19-20-21-22-23-24-25-26-27-28-29-30-31-32-33-34-35-36-37-38-40-42-44-46-48-52(58)54(60)55-50(49-56)53(59)51(57)47-45-43-41-39-14-12-10-8-6-4-2/h8,10,24-25,39,41,50-53,56-59H,3-7,9,11-23,26-38,40,42-49H2,1-2H3,(H,55,60)/b10-8+,25-24-,41-39+. The van der Waals surface area contributed by atoms with Crippen molar-refractivity contribution in [3.63, 3.8) is 0 Å². The predicted octanol–water partition coefficient (Wildman–Crippen LogP) is 14.9. The summed E-state index contributed by atoms with van der Waals surface area (Å²) in [4.78, 5) is 12.5. The van der Waals surface area contributed by atoms with E-state index in [0.717, 1.165) is 44.9 Å². The van der Waals surface area contributed by atoms with Crippen LogP contribution in [0.4, 0.5) is 0 Å². The molecule has 0 radical (unpaired) electrons. The summed E-state index contributed by atoms with van der Waals surface area (Å²) in [5.74, 6) is -0.597. The molecule has 0 heterocycles. The van der Waals surface area contributed by atoms with E-state index in [2.05, 4.69) is 55.6 Å². The van der Waals surface area contributed by atoms with Crippen molar-refractivity contribution in [1.29, 1.82) is 0 Å². The van der Waals surface area contributed by atoms with Crippen LogP contribution in [0.15, 0.2) is 36.5 Å². The number of rotatable bonds is 48. The molecule has 0 bridgehead atoms. The first kappa shape index (κ1) is 58.5. The Balaban J connectivity index is 3.53. The molecule has 0 rings (SSSR count). The van der Waals surface area contributed by atoms with Crippen LogP contribution in [0.25, 0.3) is 0 Å². The summed E-state index contributed by atoms with van der Waals surface area (Å²) >= 11 is 0. The van der Waals surface area contributed by atoms with Gasteiger partial charge in [-0.1, -0.05) is 237 Å². The SMILES string of the molecule is CCC/C=C/CC/C=C/CCCC(O)C(O)C(CO)NC(=O)C(O)CCCCCCCCCCCCCCCCCC/C=C\CCCCCCCCCCCCCCCC. The van der Waals surface area contributed by atoms with E-state index < -0.39 is 36.9 Å². The van der Waals surface area contributed by atoms with Gasteiger partial charge in [0, 0.05) is 0 Å². The largest absolute Gasteiger partial charge is 0.394 e. The van der Waals surface area contributed by atoms with E-state index in [1.54, 1.807) is 0 Å². The van der Waals surface area contributed by atoms with Crippen molar-refractivity contribution >= 4 is 5.91 Å². The molecule has 0 aliphatic carbocycles. The molecular weight excluding hydrogens is 743 g/mol. The molecule has 0 saturated carbocycles. The third kappa shape index (κ3) is 41.9. The second-order valence-electron chi connectivity index (χ2n) is 18.2. The van der Waals surface area contributed by atoms with E-state index in [9.17, 15) is 25.2 Å². The number of unbranched alkanes of at least 4 members (excludes halogenated alkanes) is 33. The molecule has 0 saturated heterocycles. The minimum atomic E-state index is -1.29. The van der Waals surface area contributed by atoms with Crippen LogP contribution in [-0.4, -0.2) is 57.3 Å². The Morgan fingerprint density at radius 1 is 0.400 bits per heavy atom. The van der Waals surface area contributed by atoms with Crippen LogP contribution in [0.2, 0.25) is 0 Å². The highest BCUT2D eigenvalue weighted by molar-refractivity contribution is 5.80. The highest BCUT2D eigenvalue weighted by Crippen LogP contribution is 2.17. The summed E-state index contributed by atoms with van der Waals surface area (Å²) in [7, 11) is 0. The molecule has 0 aliphatic rings. The zero-order valence-electron chi connectivity index (χ0n) is 40.0. The molecule has 4 atom stereocenters. The molecule has 6 nitrogen and oxygen atoms in total. The molecule has 0 spiro atoms. The number of nitrogens with one attached hydrogen (secondary N) is 1. The molecule has 6 heteroatoms. The van der Waals surface area contributed by atoms with Crippen LogP contribution < -0.4 is 5.32 Å². The van der Waals surface area contributed by atoms with E-state index >= 15 is 0 Å². The van der Waals surface area contributed by atoms with Gasteiger partial charge in [-0.05, 0) is 70.6 Å². The molecular formula is C54H103NO5. The molecule has 0 aromatic heterocycles. The van der Waals surface area contributed by atoms with Gasteiger partial charge >= 0.3 is 0 Å². The van der Waals surface area contributed by atoms with Gasteiger partial charge in [0.05, 0.1) is 18.8 Å². The highest BCUT2D eigenvalue weighted by atomic mass is 16.3. The number of carbonyl (C=O) groups excluding carboxylic acids is 1.